The van der Waals surface area contributed by atoms with E-state index in [1.165, 1.54) is 6.20 Å². The van der Waals surface area contributed by atoms with Gasteiger partial charge in [0.25, 0.3) is 6.43 Å². The third-order valence-electron chi connectivity index (χ3n) is 2.25. The number of hydrogen-bond acceptors (Lipinski definition) is 3. The largest absolute Gasteiger partial charge is 0.381 e. The van der Waals surface area contributed by atoms with Gasteiger partial charge in [-0.05, 0) is 28.8 Å². The van der Waals surface area contributed by atoms with Gasteiger partial charge >= 0.3 is 0 Å². The van der Waals surface area contributed by atoms with Crippen molar-refractivity contribution in [2.45, 2.75) is 31.3 Å². The van der Waals surface area contributed by atoms with Crippen molar-refractivity contribution in [3.05, 3.63) is 22.2 Å². The molecule has 1 unspecified atom stereocenters. The van der Waals surface area contributed by atoms with Crippen molar-refractivity contribution in [3.8, 4) is 0 Å². The number of hydrogen-bond donors (Lipinski definition) is 1. The summed E-state index contributed by atoms with van der Waals surface area (Å²) in [6.45, 7) is 0. The van der Waals surface area contributed by atoms with Crippen LogP contribution in [0.25, 0.3) is 0 Å². The number of aliphatic hydroxyl groups is 1. The Hall–Kier alpha value is -0.620. The lowest BCUT2D eigenvalue weighted by molar-refractivity contribution is -0.00883. The van der Waals surface area contributed by atoms with Gasteiger partial charge in [0.05, 0.1) is 10.2 Å². The molecule has 0 aromatic carbocycles. The first kappa shape index (κ1) is 10.9. The third-order valence-corrected chi connectivity index (χ3v) is 2.86. The van der Waals surface area contributed by atoms with Gasteiger partial charge in [0, 0.05) is 12.1 Å². The average Bonchev–Trinajstić information content (AvgIpc) is 3.01. The molecular weight excluding hydrogens is 270 g/mol. The van der Waals surface area contributed by atoms with Gasteiger partial charge in [-0.2, -0.15) is 0 Å². The normalized spacial score (nSPS) is 18.2. The molecule has 1 aromatic rings. The van der Waals surface area contributed by atoms with Crippen molar-refractivity contribution in [1.29, 1.82) is 0 Å². The molecule has 15 heavy (non-hydrogen) atoms. The van der Waals surface area contributed by atoms with Gasteiger partial charge in [-0.3, -0.25) is 0 Å². The quantitative estimate of drug-likeness (QED) is 0.924. The Morgan fingerprint density at radius 2 is 2.13 bits per heavy atom. The summed E-state index contributed by atoms with van der Waals surface area (Å²) >= 11 is 3.05. The predicted octanol–water partition coefficient (Wildman–Crippen LogP) is 2.42. The van der Waals surface area contributed by atoms with Crippen molar-refractivity contribution in [2.24, 2.45) is 0 Å². The van der Waals surface area contributed by atoms with Gasteiger partial charge in [0.1, 0.15) is 5.82 Å². The van der Waals surface area contributed by atoms with Crippen molar-refractivity contribution in [3.63, 3.8) is 0 Å². The van der Waals surface area contributed by atoms with E-state index in [2.05, 4.69) is 25.9 Å². The summed E-state index contributed by atoms with van der Waals surface area (Å²) in [5.41, 5.74) is -0.0260. The number of alkyl halides is 2. The number of halogens is 3. The van der Waals surface area contributed by atoms with Gasteiger partial charge < -0.3 is 5.11 Å². The van der Waals surface area contributed by atoms with Crippen LogP contribution in [0.4, 0.5) is 8.78 Å². The molecule has 0 aliphatic heterocycles. The highest BCUT2D eigenvalue weighted by Gasteiger charge is 2.29. The summed E-state index contributed by atoms with van der Waals surface area (Å²) in [6, 6.07) is 0. The van der Waals surface area contributed by atoms with Crippen LogP contribution in [-0.2, 0) is 0 Å². The van der Waals surface area contributed by atoms with Crippen LogP contribution >= 0.6 is 15.9 Å². The lowest BCUT2D eigenvalue weighted by Gasteiger charge is -2.11. The lowest BCUT2D eigenvalue weighted by atomic mass is 10.2. The molecule has 3 nitrogen and oxygen atoms in total. The van der Waals surface area contributed by atoms with Gasteiger partial charge in [0.15, 0.2) is 6.10 Å². The molecule has 0 bridgehead atoms. The highest BCUT2D eigenvalue weighted by molar-refractivity contribution is 9.10. The molecule has 1 fully saturated rings. The third kappa shape index (κ3) is 2.31. The highest BCUT2D eigenvalue weighted by atomic mass is 79.9. The molecule has 1 saturated carbocycles. The molecule has 0 saturated heterocycles. The van der Waals surface area contributed by atoms with Crippen LogP contribution in [0.2, 0.25) is 0 Å². The van der Waals surface area contributed by atoms with E-state index in [9.17, 15) is 13.9 Å². The molecule has 82 valence electrons. The minimum Gasteiger partial charge on any atom is -0.381 e. The zero-order chi connectivity index (χ0) is 11.0. The summed E-state index contributed by atoms with van der Waals surface area (Å²) in [6.07, 6.45) is -1.28. The number of aliphatic hydroxyl groups excluding tert-OH is 1. The second-order valence-electron chi connectivity index (χ2n) is 3.51. The Kier molecular flexibility index (Phi) is 2.97. The molecule has 1 aliphatic rings. The molecule has 0 radical (unpaired) electrons. The van der Waals surface area contributed by atoms with E-state index in [1.54, 1.807) is 0 Å². The number of aromatic nitrogens is 2. The Labute approximate surface area is 93.7 Å². The second kappa shape index (κ2) is 4.09. The van der Waals surface area contributed by atoms with Crippen LogP contribution in [-0.4, -0.2) is 21.5 Å². The maximum atomic E-state index is 12.3. The van der Waals surface area contributed by atoms with Crippen molar-refractivity contribution in [1.82, 2.24) is 9.97 Å². The maximum Gasteiger partial charge on any atom is 0.269 e. The molecular formula is C9H9BrF2N2O. The number of rotatable bonds is 3. The molecule has 1 N–H and O–H groups in total. The number of nitrogens with zero attached hydrogens (tertiary/aromatic N) is 2. The maximum absolute atomic E-state index is 12.3. The molecule has 1 heterocycles. The molecule has 2 rings (SSSR count). The SMILES string of the molecule is OC(c1nc(C2CC2)ncc1Br)C(F)F. The van der Waals surface area contributed by atoms with Crippen LogP contribution in [0.15, 0.2) is 10.7 Å². The topological polar surface area (TPSA) is 46.0 Å². The van der Waals surface area contributed by atoms with Crippen LogP contribution in [0.5, 0.6) is 0 Å². The highest BCUT2D eigenvalue weighted by Crippen LogP contribution is 2.39. The molecule has 1 atom stereocenters. The molecule has 6 heteroatoms. The summed E-state index contributed by atoms with van der Waals surface area (Å²) in [4.78, 5) is 8.00. The van der Waals surface area contributed by atoms with E-state index in [0.29, 0.717) is 10.3 Å². The fourth-order valence-electron chi connectivity index (χ4n) is 1.26. The fourth-order valence-corrected chi connectivity index (χ4v) is 1.69. The average molecular weight is 279 g/mol. The Bertz CT molecular complexity index is 371. The molecule has 0 spiro atoms. The predicted molar refractivity (Wildman–Crippen MR) is 52.7 cm³/mol. The van der Waals surface area contributed by atoms with Gasteiger partial charge in [0.2, 0.25) is 0 Å². The van der Waals surface area contributed by atoms with Crippen molar-refractivity contribution >= 4 is 15.9 Å². The van der Waals surface area contributed by atoms with Gasteiger partial charge in [-0.1, -0.05) is 0 Å². The molecule has 1 aliphatic carbocycles. The molecule has 0 amide bonds. The first-order valence-corrected chi connectivity index (χ1v) is 5.37. The Balaban J connectivity index is 2.31. The van der Waals surface area contributed by atoms with E-state index in [0.717, 1.165) is 12.8 Å². The van der Waals surface area contributed by atoms with Crippen molar-refractivity contribution < 1.29 is 13.9 Å². The van der Waals surface area contributed by atoms with E-state index in [1.807, 2.05) is 0 Å². The lowest BCUT2D eigenvalue weighted by Crippen LogP contribution is -2.12. The minimum atomic E-state index is -2.83. The summed E-state index contributed by atoms with van der Waals surface area (Å²) in [5.74, 6) is 0.828. The minimum absolute atomic E-state index is 0.0260. The van der Waals surface area contributed by atoms with Crippen LogP contribution in [0.1, 0.15) is 36.4 Å². The van der Waals surface area contributed by atoms with Gasteiger partial charge in [-0.25, -0.2) is 18.7 Å². The molecule has 1 aromatic heterocycles. The summed E-state index contributed by atoms with van der Waals surface area (Å²) < 4.78 is 24.9. The zero-order valence-corrected chi connectivity index (χ0v) is 9.29. The first-order valence-electron chi connectivity index (χ1n) is 4.58. The van der Waals surface area contributed by atoms with Crippen LogP contribution < -0.4 is 0 Å². The van der Waals surface area contributed by atoms with E-state index in [4.69, 9.17) is 0 Å². The summed E-state index contributed by atoms with van der Waals surface area (Å²) in [7, 11) is 0. The smallest absolute Gasteiger partial charge is 0.269 e. The zero-order valence-electron chi connectivity index (χ0n) is 7.70. The Morgan fingerprint density at radius 3 is 2.67 bits per heavy atom. The second-order valence-corrected chi connectivity index (χ2v) is 4.37. The van der Waals surface area contributed by atoms with E-state index in [-0.39, 0.29) is 11.6 Å². The Morgan fingerprint density at radius 1 is 1.47 bits per heavy atom. The van der Waals surface area contributed by atoms with E-state index >= 15 is 0 Å². The summed E-state index contributed by atoms with van der Waals surface area (Å²) in [5, 5.41) is 9.23. The first-order chi connectivity index (χ1) is 7.09. The van der Waals surface area contributed by atoms with Crippen LogP contribution in [0, 0.1) is 0 Å². The van der Waals surface area contributed by atoms with Crippen molar-refractivity contribution in [2.75, 3.05) is 0 Å². The standard InChI is InChI=1S/C9H9BrF2N2O/c10-5-3-13-9(4-1-2-4)14-6(5)7(15)8(11)12/h3-4,7-8,15H,1-2H2. The van der Waals surface area contributed by atoms with E-state index < -0.39 is 12.5 Å². The van der Waals surface area contributed by atoms with Crippen LogP contribution in [0.3, 0.4) is 0 Å². The monoisotopic (exact) mass is 278 g/mol. The fraction of sp³-hybridized carbons (Fsp3) is 0.556. The van der Waals surface area contributed by atoms with Gasteiger partial charge in [-0.15, -0.1) is 0 Å².